The average Bonchev–Trinajstić information content (AvgIpc) is 1.88. The Labute approximate surface area is 112 Å². The van der Waals surface area contributed by atoms with Crippen LogP contribution in [-0.2, 0) is 4.79 Å². The molecule has 0 saturated heterocycles. The molecule has 0 amide bonds. The maximum absolute atomic E-state index is 10.2. The monoisotopic (exact) mass is 182 g/mol. The minimum absolute atomic E-state index is 0. The number of rotatable bonds is 4. The van der Waals surface area contributed by atoms with Crippen LogP contribution in [0, 0.1) is 0 Å². The summed E-state index contributed by atoms with van der Waals surface area (Å²) in [7, 11) is 0. The Morgan fingerprint density at radius 2 is 2.18 bits per heavy atom. The normalized spacial score (nSPS) is 10.5. The summed E-state index contributed by atoms with van der Waals surface area (Å²) >= 11 is 0. The second kappa shape index (κ2) is 8.94. The van der Waals surface area contributed by atoms with Crippen LogP contribution in [0.4, 0.5) is 0 Å². The van der Waals surface area contributed by atoms with Crippen molar-refractivity contribution in [2.24, 2.45) is 0 Å². The zero-order valence-corrected chi connectivity index (χ0v) is 10.7. The first-order valence-electron chi connectivity index (χ1n) is 3.58. The maximum atomic E-state index is 10.2. The molecule has 3 heteroatoms. The van der Waals surface area contributed by atoms with Gasteiger partial charge in [0.25, 0.3) is 0 Å². The van der Waals surface area contributed by atoms with Crippen LogP contribution >= 0.6 is 0 Å². The van der Waals surface area contributed by atoms with Gasteiger partial charge in [-0.25, -0.2) is 4.79 Å². The second-order valence-corrected chi connectivity index (χ2v) is 2.33. The quantitative estimate of drug-likeness (QED) is 0.355. The van der Waals surface area contributed by atoms with E-state index in [0.717, 1.165) is 19.3 Å². The van der Waals surface area contributed by atoms with Gasteiger partial charge in [-0.15, -0.1) is 0 Å². The predicted octanol–water partition coefficient (Wildman–Crippen LogP) is -0.676. The zero-order chi connectivity index (χ0) is 7.98. The van der Waals surface area contributed by atoms with E-state index < -0.39 is 5.97 Å². The van der Waals surface area contributed by atoms with Crippen LogP contribution in [-0.4, -0.2) is 11.1 Å². The Bertz CT molecular complexity index is 146. The Morgan fingerprint density at radius 1 is 1.64 bits per heavy atom. The minimum Gasteiger partial charge on any atom is -1.00 e. The summed E-state index contributed by atoms with van der Waals surface area (Å²) in [6.45, 7) is 3.71. The Morgan fingerprint density at radius 3 is 2.55 bits per heavy atom. The number of unbranched alkanes of at least 4 members (excludes halogenated alkanes) is 2. The first-order valence-corrected chi connectivity index (χ1v) is 3.58. The van der Waals surface area contributed by atoms with Gasteiger partial charge in [0.05, 0.1) is 0 Å². The fourth-order valence-corrected chi connectivity index (χ4v) is 0.610. The predicted molar refractivity (Wildman–Crippen MR) is 42.0 cm³/mol. The van der Waals surface area contributed by atoms with Crippen LogP contribution in [0.2, 0.25) is 0 Å². The van der Waals surface area contributed by atoms with Gasteiger partial charge in [0.15, 0.2) is 0 Å². The molecule has 0 fully saturated rings. The van der Waals surface area contributed by atoms with Crippen molar-refractivity contribution in [2.45, 2.75) is 33.1 Å². The number of aliphatic carboxylic acids is 1. The van der Waals surface area contributed by atoms with Gasteiger partial charge in [0.1, 0.15) is 0 Å². The van der Waals surface area contributed by atoms with Crippen molar-refractivity contribution >= 4 is 5.97 Å². The van der Waals surface area contributed by atoms with E-state index in [0.29, 0.717) is 5.57 Å². The minimum atomic E-state index is -0.809. The molecule has 0 radical (unpaired) electrons. The molecule has 0 atom stereocenters. The van der Waals surface area contributed by atoms with Crippen molar-refractivity contribution < 1.29 is 62.7 Å². The summed E-state index contributed by atoms with van der Waals surface area (Å²) in [6, 6.07) is 0. The summed E-state index contributed by atoms with van der Waals surface area (Å²) in [5.41, 5.74) is 0.452. The smallest absolute Gasteiger partial charge is 1.00 e. The Kier molecular flexibility index (Phi) is 11.7. The topological polar surface area (TPSA) is 37.3 Å². The van der Waals surface area contributed by atoms with Gasteiger partial charge in [0.2, 0.25) is 0 Å². The van der Waals surface area contributed by atoms with Crippen molar-refractivity contribution in [3.63, 3.8) is 0 Å². The van der Waals surface area contributed by atoms with Crippen LogP contribution in [0.25, 0.3) is 0 Å². The number of carboxylic acids is 1. The molecule has 2 nitrogen and oxygen atoms in total. The summed E-state index contributed by atoms with van der Waals surface area (Å²) < 4.78 is 0. The van der Waals surface area contributed by atoms with E-state index in [1.54, 1.807) is 13.0 Å². The molecule has 0 aromatic heterocycles. The number of hydrogen-bond acceptors (Lipinski definition) is 1. The molecule has 0 aliphatic rings. The molecule has 11 heavy (non-hydrogen) atoms. The van der Waals surface area contributed by atoms with Crippen LogP contribution in [0.1, 0.15) is 34.5 Å². The first-order chi connectivity index (χ1) is 4.68. The standard InChI is InChI=1S/C8H14O2.K.H/c1-3-4-5-6-7(2)8(9)10;;/h6H,3-5H2,1-2H3,(H,9,10);;/q;+1;-1. The largest absolute Gasteiger partial charge is 1.00 e. The third kappa shape index (κ3) is 8.76. The number of carboxylic acid groups (broad SMARTS) is 1. The van der Waals surface area contributed by atoms with Crippen LogP contribution in [0.5, 0.6) is 0 Å². The molecule has 0 aromatic rings. The molecular weight excluding hydrogens is 167 g/mol. The molecule has 0 bridgehead atoms. The molecule has 1 N–H and O–H groups in total. The summed E-state index contributed by atoms with van der Waals surface area (Å²) in [5, 5.41) is 8.41. The van der Waals surface area contributed by atoms with Gasteiger partial charge >= 0.3 is 57.4 Å². The number of hydrogen-bond donors (Lipinski definition) is 1. The van der Waals surface area contributed by atoms with E-state index in [-0.39, 0.29) is 52.8 Å². The van der Waals surface area contributed by atoms with Gasteiger partial charge in [-0.1, -0.05) is 25.8 Å². The summed E-state index contributed by atoms with van der Waals surface area (Å²) in [5.74, 6) is -0.809. The average molecular weight is 182 g/mol. The van der Waals surface area contributed by atoms with E-state index in [2.05, 4.69) is 6.92 Å². The number of carbonyl (C=O) groups is 1. The van der Waals surface area contributed by atoms with Gasteiger partial charge in [-0.3, -0.25) is 0 Å². The van der Waals surface area contributed by atoms with Crippen LogP contribution < -0.4 is 51.4 Å². The zero-order valence-electron chi connectivity index (χ0n) is 8.55. The van der Waals surface area contributed by atoms with Gasteiger partial charge in [0, 0.05) is 5.57 Å². The first kappa shape index (κ1) is 14.4. The summed E-state index contributed by atoms with van der Waals surface area (Å²) in [4.78, 5) is 10.2. The molecular formula is C8H15KO2. The fraction of sp³-hybridized carbons (Fsp3) is 0.625. The Balaban J connectivity index is -0.000000405. The fourth-order valence-electron chi connectivity index (χ4n) is 0.610. The van der Waals surface area contributed by atoms with Crippen molar-refractivity contribution in [3.05, 3.63) is 11.6 Å². The third-order valence-corrected chi connectivity index (χ3v) is 1.35. The molecule has 0 heterocycles. The van der Waals surface area contributed by atoms with E-state index in [1.807, 2.05) is 0 Å². The molecule has 0 rings (SSSR count). The van der Waals surface area contributed by atoms with Crippen LogP contribution in [0.15, 0.2) is 11.6 Å². The van der Waals surface area contributed by atoms with E-state index in [9.17, 15) is 4.79 Å². The van der Waals surface area contributed by atoms with Crippen molar-refractivity contribution in [2.75, 3.05) is 0 Å². The summed E-state index contributed by atoms with van der Waals surface area (Å²) in [6.07, 6.45) is 4.84. The molecule has 0 saturated carbocycles. The van der Waals surface area contributed by atoms with Gasteiger partial charge in [-0.2, -0.15) is 0 Å². The SMILES string of the molecule is CCCCC=C(C)C(=O)O.[H-].[K+]. The molecule has 0 unspecified atom stereocenters. The molecule has 0 spiro atoms. The maximum Gasteiger partial charge on any atom is 1.00 e. The molecule has 0 aromatic carbocycles. The second-order valence-electron chi connectivity index (χ2n) is 2.33. The van der Waals surface area contributed by atoms with E-state index in [1.165, 1.54) is 0 Å². The third-order valence-electron chi connectivity index (χ3n) is 1.35. The molecule has 60 valence electrons. The van der Waals surface area contributed by atoms with Crippen molar-refractivity contribution in [1.29, 1.82) is 0 Å². The van der Waals surface area contributed by atoms with Gasteiger partial charge < -0.3 is 6.53 Å². The van der Waals surface area contributed by atoms with Gasteiger partial charge in [-0.05, 0) is 13.3 Å². The van der Waals surface area contributed by atoms with E-state index >= 15 is 0 Å². The molecule has 0 aliphatic heterocycles. The number of allylic oxidation sites excluding steroid dienone is 1. The molecule has 0 aliphatic carbocycles. The Hall–Kier alpha value is 0.846. The van der Waals surface area contributed by atoms with E-state index in [4.69, 9.17) is 5.11 Å². The van der Waals surface area contributed by atoms with Crippen LogP contribution in [0.3, 0.4) is 0 Å². The van der Waals surface area contributed by atoms with Crippen molar-refractivity contribution in [1.82, 2.24) is 0 Å². The van der Waals surface area contributed by atoms with Crippen molar-refractivity contribution in [3.8, 4) is 0 Å².